The second-order valence-electron chi connectivity index (χ2n) is 5.69. The molecular weight excluding hydrogens is 312 g/mol. The fourth-order valence-corrected chi connectivity index (χ4v) is 3.47. The molecule has 0 aliphatic carbocycles. The summed E-state index contributed by atoms with van der Waals surface area (Å²) in [6.07, 6.45) is 3.68. The second-order valence-corrected chi connectivity index (χ2v) is 6.93. The smallest absolute Gasteiger partial charge is 0.265 e. The molecule has 0 spiro atoms. The molecule has 3 rings (SSSR count). The van der Waals surface area contributed by atoms with E-state index in [1.165, 1.54) is 11.3 Å². The molecule has 1 aromatic carbocycles. The number of carbonyl (C=O) groups excluding carboxylic acids is 1. The van der Waals surface area contributed by atoms with Crippen LogP contribution in [0.15, 0.2) is 30.5 Å². The first-order chi connectivity index (χ1) is 11.1. The van der Waals surface area contributed by atoms with Crippen molar-refractivity contribution >= 4 is 17.2 Å². The summed E-state index contributed by atoms with van der Waals surface area (Å²) in [7, 11) is 0. The summed E-state index contributed by atoms with van der Waals surface area (Å²) in [5.74, 6) is 0.146. The molecule has 0 radical (unpaired) electrons. The van der Waals surface area contributed by atoms with Gasteiger partial charge >= 0.3 is 0 Å². The van der Waals surface area contributed by atoms with Crippen LogP contribution >= 0.6 is 11.3 Å². The van der Waals surface area contributed by atoms with E-state index in [-0.39, 0.29) is 17.8 Å². The summed E-state index contributed by atoms with van der Waals surface area (Å²) in [6, 6.07) is 7.11. The highest BCUT2D eigenvalue weighted by atomic mass is 32.1. The highest BCUT2D eigenvalue weighted by Gasteiger charge is 2.25. The van der Waals surface area contributed by atoms with E-state index < -0.39 is 0 Å². The van der Waals surface area contributed by atoms with Gasteiger partial charge in [-0.2, -0.15) is 0 Å². The SMILES string of the molecule is Cc1ncc(C(=O)N(Cc2ccccc2O)CC2CCCO2)s1. The van der Waals surface area contributed by atoms with Gasteiger partial charge < -0.3 is 14.7 Å². The first-order valence-corrected chi connectivity index (χ1v) is 8.55. The number of ether oxygens (including phenoxy) is 1. The minimum absolute atomic E-state index is 0.0608. The fourth-order valence-electron chi connectivity index (χ4n) is 2.72. The third kappa shape index (κ3) is 3.89. The van der Waals surface area contributed by atoms with Crippen molar-refractivity contribution in [3.05, 3.63) is 45.9 Å². The summed E-state index contributed by atoms with van der Waals surface area (Å²) in [6.45, 7) is 3.53. The van der Waals surface area contributed by atoms with Crippen LogP contribution in [-0.2, 0) is 11.3 Å². The Kier molecular flexibility index (Phi) is 4.93. The summed E-state index contributed by atoms with van der Waals surface area (Å²) < 4.78 is 5.67. The van der Waals surface area contributed by atoms with E-state index in [1.54, 1.807) is 23.2 Å². The van der Waals surface area contributed by atoms with Crippen molar-refractivity contribution in [2.24, 2.45) is 0 Å². The van der Waals surface area contributed by atoms with Crippen molar-refractivity contribution in [2.45, 2.75) is 32.4 Å². The van der Waals surface area contributed by atoms with Gasteiger partial charge in [0, 0.05) is 25.3 Å². The largest absolute Gasteiger partial charge is 0.508 e. The molecular formula is C17H20N2O3S. The Morgan fingerprint density at radius 2 is 2.30 bits per heavy atom. The number of nitrogens with zero attached hydrogens (tertiary/aromatic N) is 2. The van der Waals surface area contributed by atoms with Gasteiger partial charge in [-0.25, -0.2) is 4.98 Å². The molecule has 1 aliphatic rings. The number of phenols is 1. The Morgan fingerprint density at radius 1 is 1.48 bits per heavy atom. The van der Waals surface area contributed by atoms with Gasteiger partial charge in [0.25, 0.3) is 5.91 Å². The number of hydrogen-bond donors (Lipinski definition) is 1. The topological polar surface area (TPSA) is 62.7 Å². The van der Waals surface area contributed by atoms with Crippen molar-refractivity contribution in [3.63, 3.8) is 0 Å². The van der Waals surface area contributed by atoms with E-state index >= 15 is 0 Å². The molecule has 1 aromatic heterocycles. The summed E-state index contributed by atoms with van der Waals surface area (Å²) >= 11 is 1.39. The summed E-state index contributed by atoms with van der Waals surface area (Å²) in [4.78, 5) is 19.4. The van der Waals surface area contributed by atoms with Crippen molar-refractivity contribution < 1.29 is 14.6 Å². The molecule has 1 atom stereocenters. The average Bonchev–Trinajstić information content (AvgIpc) is 3.19. The van der Waals surface area contributed by atoms with Gasteiger partial charge in [0.15, 0.2) is 0 Å². The van der Waals surface area contributed by atoms with E-state index in [9.17, 15) is 9.90 Å². The van der Waals surface area contributed by atoms with E-state index in [2.05, 4.69) is 4.98 Å². The number of rotatable bonds is 5. The van der Waals surface area contributed by atoms with Crippen LogP contribution in [0.1, 0.15) is 33.1 Å². The molecule has 1 aliphatic heterocycles. The van der Waals surface area contributed by atoms with Crippen LogP contribution in [0, 0.1) is 6.92 Å². The lowest BCUT2D eigenvalue weighted by Crippen LogP contribution is -2.36. The predicted octanol–water partition coefficient (Wildman–Crippen LogP) is 2.98. The Bertz CT molecular complexity index is 680. The number of para-hydroxylation sites is 1. The molecule has 2 aromatic rings. The van der Waals surface area contributed by atoms with Crippen molar-refractivity contribution in [1.29, 1.82) is 0 Å². The predicted molar refractivity (Wildman–Crippen MR) is 88.7 cm³/mol. The lowest BCUT2D eigenvalue weighted by Gasteiger charge is -2.25. The Morgan fingerprint density at radius 3 is 2.96 bits per heavy atom. The van der Waals surface area contributed by atoms with Gasteiger partial charge in [-0.1, -0.05) is 18.2 Å². The number of hydrogen-bond acceptors (Lipinski definition) is 5. The lowest BCUT2D eigenvalue weighted by atomic mass is 10.1. The van der Waals surface area contributed by atoms with Crippen LogP contribution in [0.4, 0.5) is 0 Å². The number of benzene rings is 1. The number of phenolic OH excluding ortho intramolecular Hbond substituents is 1. The fraction of sp³-hybridized carbons (Fsp3) is 0.412. The average molecular weight is 332 g/mol. The van der Waals surface area contributed by atoms with Crippen LogP contribution in [0.5, 0.6) is 5.75 Å². The van der Waals surface area contributed by atoms with Gasteiger partial charge in [0.1, 0.15) is 10.6 Å². The van der Waals surface area contributed by atoms with Gasteiger partial charge in [-0.3, -0.25) is 4.79 Å². The number of aromatic nitrogens is 1. The molecule has 0 bridgehead atoms. The molecule has 1 saturated heterocycles. The van der Waals surface area contributed by atoms with Gasteiger partial charge in [-0.05, 0) is 25.8 Å². The zero-order valence-electron chi connectivity index (χ0n) is 13.1. The molecule has 2 heterocycles. The minimum atomic E-state index is -0.0608. The Hall–Kier alpha value is -1.92. The van der Waals surface area contributed by atoms with Crippen LogP contribution in [0.3, 0.4) is 0 Å². The van der Waals surface area contributed by atoms with Crippen molar-refractivity contribution in [1.82, 2.24) is 9.88 Å². The Balaban J connectivity index is 1.80. The molecule has 1 unspecified atom stereocenters. The van der Waals surface area contributed by atoms with E-state index in [4.69, 9.17) is 4.74 Å². The highest BCUT2D eigenvalue weighted by molar-refractivity contribution is 7.13. The maximum atomic E-state index is 12.8. The normalized spacial score (nSPS) is 17.3. The van der Waals surface area contributed by atoms with Crippen molar-refractivity contribution in [2.75, 3.05) is 13.2 Å². The van der Waals surface area contributed by atoms with Crippen molar-refractivity contribution in [3.8, 4) is 5.75 Å². The molecule has 5 nitrogen and oxygen atoms in total. The van der Waals surface area contributed by atoms with Crippen LogP contribution in [0.2, 0.25) is 0 Å². The zero-order valence-corrected chi connectivity index (χ0v) is 13.9. The summed E-state index contributed by atoms with van der Waals surface area (Å²) in [5, 5.41) is 10.9. The monoisotopic (exact) mass is 332 g/mol. The maximum absolute atomic E-state index is 12.8. The van der Waals surface area contributed by atoms with Gasteiger partial charge in [-0.15, -0.1) is 11.3 Å². The second kappa shape index (κ2) is 7.10. The molecule has 1 N–H and O–H groups in total. The van der Waals surface area contributed by atoms with E-state index in [0.29, 0.717) is 18.0 Å². The quantitative estimate of drug-likeness (QED) is 0.914. The number of thiazole rings is 1. The number of aryl methyl sites for hydroxylation is 1. The summed E-state index contributed by atoms with van der Waals surface area (Å²) in [5.41, 5.74) is 0.736. The molecule has 0 saturated carbocycles. The molecule has 122 valence electrons. The number of amides is 1. The van der Waals surface area contributed by atoms with Gasteiger partial charge in [0.2, 0.25) is 0 Å². The molecule has 23 heavy (non-hydrogen) atoms. The van der Waals surface area contributed by atoms with Crippen LogP contribution in [0.25, 0.3) is 0 Å². The third-order valence-electron chi connectivity index (χ3n) is 3.92. The number of carbonyl (C=O) groups is 1. The molecule has 1 amide bonds. The van der Waals surface area contributed by atoms with E-state index in [1.807, 2.05) is 19.1 Å². The lowest BCUT2D eigenvalue weighted by molar-refractivity contribution is 0.0509. The maximum Gasteiger partial charge on any atom is 0.265 e. The molecule has 6 heteroatoms. The van der Waals surface area contributed by atoms with E-state index in [0.717, 1.165) is 30.0 Å². The Labute approximate surface area is 139 Å². The first kappa shape index (κ1) is 16.0. The zero-order chi connectivity index (χ0) is 16.2. The third-order valence-corrected chi connectivity index (χ3v) is 4.82. The standard InChI is InChI=1S/C17H20N2O3S/c1-12-18-9-16(23-12)17(21)19(11-14-6-4-8-22-14)10-13-5-2-3-7-15(13)20/h2-3,5,7,9,14,20H,4,6,8,10-11H2,1H3. The van der Waals surface area contributed by atoms with Crippen LogP contribution < -0.4 is 0 Å². The number of aromatic hydroxyl groups is 1. The highest BCUT2D eigenvalue weighted by Crippen LogP contribution is 2.23. The molecule has 1 fully saturated rings. The first-order valence-electron chi connectivity index (χ1n) is 7.73. The van der Waals surface area contributed by atoms with Gasteiger partial charge in [0.05, 0.1) is 17.3 Å². The minimum Gasteiger partial charge on any atom is -0.508 e. The van der Waals surface area contributed by atoms with Crippen LogP contribution in [-0.4, -0.2) is 40.2 Å².